The normalized spacial score (nSPS) is 19.7. The fraction of sp³-hybridized carbons (Fsp3) is 0.375. The van der Waals surface area contributed by atoms with E-state index in [-0.39, 0.29) is 12.1 Å². The topological polar surface area (TPSA) is 65.7 Å². The Labute approximate surface area is 121 Å². The Kier molecular flexibility index (Phi) is 3.01. The number of carbonyl (C=O) groups excluding carboxylic acids is 1. The number of rotatable bonds is 1. The average molecular weight is 288 g/mol. The summed E-state index contributed by atoms with van der Waals surface area (Å²) in [4.78, 5) is 22.5. The molecular weight excluding hydrogens is 272 g/mol. The van der Waals surface area contributed by atoms with Crippen LogP contribution < -0.4 is 10.4 Å². The second kappa shape index (κ2) is 4.62. The lowest BCUT2D eigenvalue weighted by molar-refractivity contribution is -0.158. The van der Waals surface area contributed by atoms with Gasteiger partial charge in [0.1, 0.15) is 23.0 Å². The molecule has 3 rings (SSSR count). The summed E-state index contributed by atoms with van der Waals surface area (Å²) in [6.07, 6.45) is 0.215. The Morgan fingerprint density at radius 2 is 2.10 bits per heavy atom. The largest absolute Gasteiger partial charge is 0.484 e. The Hall–Kier alpha value is -2.30. The maximum absolute atomic E-state index is 11.3. The molecule has 0 saturated carbocycles. The van der Waals surface area contributed by atoms with Crippen molar-refractivity contribution < 1.29 is 18.7 Å². The molecule has 0 N–H and O–H groups in total. The molecule has 0 spiro atoms. The Morgan fingerprint density at radius 3 is 2.81 bits per heavy atom. The van der Waals surface area contributed by atoms with E-state index in [1.54, 1.807) is 12.1 Å². The summed E-state index contributed by atoms with van der Waals surface area (Å²) in [5, 5.41) is 0.818. The molecular formula is C16H16O5. The average Bonchev–Trinajstić information content (AvgIpc) is 2.36. The van der Waals surface area contributed by atoms with E-state index in [9.17, 15) is 9.59 Å². The summed E-state index contributed by atoms with van der Waals surface area (Å²) in [5.41, 5.74) is 0.391. The highest BCUT2D eigenvalue weighted by Crippen LogP contribution is 2.37. The van der Waals surface area contributed by atoms with Crippen LogP contribution in [0, 0.1) is 0 Å². The maximum Gasteiger partial charge on any atom is 0.336 e. The second-order valence-corrected chi connectivity index (χ2v) is 5.76. The first kappa shape index (κ1) is 13.7. The van der Waals surface area contributed by atoms with E-state index in [2.05, 4.69) is 0 Å². The van der Waals surface area contributed by atoms with Crippen molar-refractivity contribution >= 4 is 16.9 Å². The molecule has 0 radical (unpaired) electrons. The van der Waals surface area contributed by atoms with Gasteiger partial charge < -0.3 is 13.9 Å². The summed E-state index contributed by atoms with van der Waals surface area (Å²) < 4.78 is 16.5. The maximum atomic E-state index is 11.3. The van der Waals surface area contributed by atoms with Gasteiger partial charge in [-0.1, -0.05) is 0 Å². The lowest BCUT2D eigenvalue weighted by atomic mass is 9.90. The van der Waals surface area contributed by atoms with Crippen molar-refractivity contribution in [2.75, 3.05) is 0 Å². The standard InChI is InChI=1S/C16H16O5/c1-9(17)19-14-7-11-6-10-4-5-15(18)20-12(10)8-13(11)21-16(14,2)3/h4-6,8,14H,7H2,1-3H3. The molecule has 0 bridgehead atoms. The van der Waals surface area contributed by atoms with Crippen molar-refractivity contribution in [1.29, 1.82) is 0 Å². The lowest BCUT2D eigenvalue weighted by Crippen LogP contribution is -2.48. The van der Waals surface area contributed by atoms with Crippen LogP contribution in [-0.4, -0.2) is 17.7 Å². The third-order valence-corrected chi connectivity index (χ3v) is 3.66. The van der Waals surface area contributed by atoms with Gasteiger partial charge in [0.2, 0.25) is 0 Å². The fourth-order valence-corrected chi connectivity index (χ4v) is 2.58. The van der Waals surface area contributed by atoms with E-state index in [1.807, 2.05) is 19.9 Å². The van der Waals surface area contributed by atoms with E-state index in [1.165, 1.54) is 13.0 Å². The molecule has 0 amide bonds. The molecule has 2 aromatic rings. The number of fused-ring (bicyclic) bond motifs is 2. The van der Waals surface area contributed by atoms with Crippen LogP contribution in [0.5, 0.6) is 5.75 Å². The van der Waals surface area contributed by atoms with E-state index in [0.29, 0.717) is 17.8 Å². The number of carbonyl (C=O) groups is 1. The van der Waals surface area contributed by atoms with Crippen molar-refractivity contribution in [2.24, 2.45) is 0 Å². The van der Waals surface area contributed by atoms with Crippen molar-refractivity contribution in [1.82, 2.24) is 0 Å². The predicted octanol–water partition coefficient (Wildman–Crippen LogP) is 2.44. The highest BCUT2D eigenvalue weighted by Gasteiger charge is 2.39. The van der Waals surface area contributed by atoms with Crippen LogP contribution in [0.3, 0.4) is 0 Å². The van der Waals surface area contributed by atoms with Crippen LogP contribution in [-0.2, 0) is 16.0 Å². The van der Waals surface area contributed by atoms with Gasteiger partial charge in [-0.05, 0) is 31.5 Å². The summed E-state index contributed by atoms with van der Waals surface area (Å²) in [6.45, 7) is 5.13. The molecule has 21 heavy (non-hydrogen) atoms. The second-order valence-electron chi connectivity index (χ2n) is 5.76. The molecule has 5 nitrogen and oxygen atoms in total. The van der Waals surface area contributed by atoms with Crippen molar-refractivity contribution in [3.8, 4) is 5.75 Å². The van der Waals surface area contributed by atoms with Crippen molar-refractivity contribution in [2.45, 2.75) is 38.9 Å². The fourth-order valence-electron chi connectivity index (χ4n) is 2.58. The molecule has 110 valence electrons. The minimum absolute atomic E-state index is 0.327. The quantitative estimate of drug-likeness (QED) is 0.595. The zero-order valence-electron chi connectivity index (χ0n) is 12.1. The van der Waals surface area contributed by atoms with Gasteiger partial charge in [-0.25, -0.2) is 4.79 Å². The predicted molar refractivity (Wildman–Crippen MR) is 76.4 cm³/mol. The molecule has 0 fully saturated rings. The van der Waals surface area contributed by atoms with Gasteiger partial charge in [0.15, 0.2) is 0 Å². The van der Waals surface area contributed by atoms with Crippen LogP contribution >= 0.6 is 0 Å². The highest BCUT2D eigenvalue weighted by atomic mass is 16.6. The van der Waals surface area contributed by atoms with Gasteiger partial charge in [0, 0.05) is 30.9 Å². The molecule has 0 aliphatic carbocycles. The first-order chi connectivity index (χ1) is 9.85. The van der Waals surface area contributed by atoms with Crippen LogP contribution in [0.2, 0.25) is 0 Å². The molecule has 1 aromatic heterocycles. The summed E-state index contributed by atoms with van der Waals surface area (Å²) in [5.74, 6) is 0.331. The summed E-state index contributed by atoms with van der Waals surface area (Å²) in [6, 6.07) is 6.71. The third-order valence-electron chi connectivity index (χ3n) is 3.66. The van der Waals surface area contributed by atoms with Gasteiger partial charge in [0.05, 0.1) is 0 Å². The zero-order valence-corrected chi connectivity index (χ0v) is 12.1. The van der Waals surface area contributed by atoms with Crippen LogP contribution in [0.25, 0.3) is 11.0 Å². The van der Waals surface area contributed by atoms with Crippen molar-refractivity contribution in [3.63, 3.8) is 0 Å². The van der Waals surface area contributed by atoms with E-state index in [0.717, 1.165) is 10.9 Å². The van der Waals surface area contributed by atoms with Gasteiger partial charge >= 0.3 is 11.6 Å². The zero-order chi connectivity index (χ0) is 15.2. The molecule has 0 saturated heterocycles. The van der Waals surface area contributed by atoms with E-state index < -0.39 is 11.2 Å². The molecule has 1 unspecified atom stereocenters. The van der Waals surface area contributed by atoms with Gasteiger partial charge in [-0.15, -0.1) is 0 Å². The summed E-state index contributed by atoms with van der Waals surface area (Å²) >= 11 is 0. The van der Waals surface area contributed by atoms with Gasteiger partial charge in [0.25, 0.3) is 0 Å². The number of hydrogen-bond acceptors (Lipinski definition) is 5. The van der Waals surface area contributed by atoms with E-state index in [4.69, 9.17) is 13.9 Å². The van der Waals surface area contributed by atoms with E-state index >= 15 is 0 Å². The highest BCUT2D eigenvalue weighted by molar-refractivity contribution is 5.79. The van der Waals surface area contributed by atoms with Crippen LogP contribution in [0.4, 0.5) is 0 Å². The minimum atomic E-state index is -0.637. The molecule has 1 atom stereocenters. The number of hydrogen-bond donors (Lipinski definition) is 0. The lowest BCUT2D eigenvalue weighted by Gasteiger charge is -2.39. The Balaban J connectivity index is 2.07. The number of ether oxygens (including phenoxy) is 2. The van der Waals surface area contributed by atoms with Crippen LogP contribution in [0.1, 0.15) is 26.3 Å². The molecule has 1 aliphatic rings. The summed E-state index contributed by atoms with van der Waals surface area (Å²) in [7, 11) is 0. The molecule has 5 heteroatoms. The van der Waals surface area contributed by atoms with Gasteiger partial charge in [-0.2, -0.15) is 0 Å². The monoisotopic (exact) mass is 288 g/mol. The van der Waals surface area contributed by atoms with Crippen LogP contribution in [0.15, 0.2) is 33.5 Å². The first-order valence-corrected chi connectivity index (χ1v) is 6.78. The molecule has 1 aliphatic heterocycles. The minimum Gasteiger partial charge on any atom is -0.484 e. The SMILES string of the molecule is CC(=O)OC1Cc2cc3ccc(=O)oc3cc2OC1(C)C. The van der Waals surface area contributed by atoms with Gasteiger partial charge in [-0.3, -0.25) is 4.79 Å². The molecule has 1 aromatic carbocycles. The Morgan fingerprint density at radius 1 is 1.33 bits per heavy atom. The number of benzene rings is 1. The smallest absolute Gasteiger partial charge is 0.336 e. The number of esters is 1. The van der Waals surface area contributed by atoms with Crippen molar-refractivity contribution in [3.05, 3.63) is 40.2 Å². The first-order valence-electron chi connectivity index (χ1n) is 6.78. The molecule has 2 heterocycles. The third kappa shape index (κ3) is 2.51. The Bertz CT molecular complexity index is 772.